The van der Waals surface area contributed by atoms with Crippen molar-refractivity contribution in [3.8, 4) is 16.8 Å². The van der Waals surface area contributed by atoms with Crippen LogP contribution in [-0.2, 0) is 0 Å². The van der Waals surface area contributed by atoms with Crippen LogP contribution in [0.4, 0.5) is 51.2 Å². The average molecular weight is 927 g/mol. The first-order valence-corrected chi connectivity index (χ1v) is 24.9. The zero-order valence-corrected chi connectivity index (χ0v) is 39.6. The summed E-state index contributed by atoms with van der Waals surface area (Å²) in [6.07, 6.45) is 0. The molecule has 11 aromatic carbocycles. The lowest BCUT2D eigenvalue weighted by Gasteiger charge is -2.31. The maximum atomic E-state index is 2.40. The predicted octanol–water partition coefficient (Wildman–Crippen LogP) is 19.2. The van der Waals surface area contributed by atoms with E-state index in [-0.39, 0.29) is 0 Å². The molecule has 13 rings (SSSR count). The normalized spacial score (nSPS) is 11.4. The summed E-state index contributed by atoms with van der Waals surface area (Å²) in [4.78, 5) is 7.06. The number of thiophene rings is 1. The third-order valence-electron chi connectivity index (χ3n) is 13.5. The molecule has 0 N–H and O–H groups in total. The molecule has 4 nitrogen and oxygen atoms in total. The van der Waals surface area contributed by atoms with Crippen LogP contribution in [0.15, 0.2) is 279 Å². The lowest BCUT2D eigenvalue weighted by atomic mass is 10.0. The number of hydrogen-bond donors (Lipinski definition) is 0. The van der Waals surface area contributed by atoms with Gasteiger partial charge in [-0.25, -0.2) is 0 Å². The van der Waals surface area contributed by atoms with Gasteiger partial charge in [-0.15, -0.1) is 11.3 Å². The second kappa shape index (κ2) is 18.1. The number of aromatic nitrogens is 1. The van der Waals surface area contributed by atoms with Gasteiger partial charge in [0.2, 0.25) is 0 Å². The highest BCUT2D eigenvalue weighted by Gasteiger charge is 2.21. The summed E-state index contributed by atoms with van der Waals surface area (Å²) in [5.74, 6) is 0. The van der Waals surface area contributed by atoms with Crippen LogP contribution in [0.5, 0.6) is 0 Å². The second-order valence-corrected chi connectivity index (χ2v) is 18.9. The zero-order valence-electron chi connectivity index (χ0n) is 38.8. The summed E-state index contributed by atoms with van der Waals surface area (Å²) in [6.45, 7) is 0. The Hall–Kier alpha value is -9.16. The van der Waals surface area contributed by atoms with Gasteiger partial charge in [0.25, 0.3) is 0 Å². The maximum absolute atomic E-state index is 2.40. The molecule has 0 saturated heterocycles. The van der Waals surface area contributed by atoms with Crippen molar-refractivity contribution in [1.29, 1.82) is 0 Å². The fourth-order valence-electron chi connectivity index (χ4n) is 10.3. The van der Waals surface area contributed by atoms with E-state index in [9.17, 15) is 0 Å². The monoisotopic (exact) mass is 926 g/mol. The van der Waals surface area contributed by atoms with Crippen molar-refractivity contribution in [1.82, 2.24) is 4.57 Å². The first kappa shape index (κ1) is 42.0. The van der Waals surface area contributed by atoms with Crippen molar-refractivity contribution in [2.75, 3.05) is 14.7 Å². The van der Waals surface area contributed by atoms with Crippen LogP contribution in [0.2, 0.25) is 0 Å². The topological polar surface area (TPSA) is 14.7 Å². The smallest absolute Gasteiger partial charge is 0.0547 e. The minimum atomic E-state index is 1.05. The highest BCUT2D eigenvalue weighted by molar-refractivity contribution is 7.25. The summed E-state index contributed by atoms with van der Waals surface area (Å²) in [7, 11) is 0. The largest absolute Gasteiger partial charge is 0.310 e. The molecular weight excluding hydrogens is 881 g/mol. The second-order valence-electron chi connectivity index (χ2n) is 17.8. The van der Waals surface area contributed by atoms with E-state index in [0.29, 0.717) is 0 Å². The number of nitrogens with zero attached hydrogens (tertiary/aromatic N) is 4. The van der Waals surface area contributed by atoms with E-state index < -0.39 is 0 Å². The number of rotatable bonds is 11. The molecule has 2 aromatic heterocycles. The van der Waals surface area contributed by atoms with Crippen molar-refractivity contribution in [2.24, 2.45) is 0 Å². The Kier molecular flexibility index (Phi) is 10.7. The van der Waals surface area contributed by atoms with Crippen molar-refractivity contribution in [3.63, 3.8) is 0 Å². The van der Waals surface area contributed by atoms with E-state index >= 15 is 0 Å². The Morgan fingerprint density at radius 3 is 1.15 bits per heavy atom. The van der Waals surface area contributed by atoms with Crippen LogP contribution < -0.4 is 14.7 Å². The molecular formula is C66H46N4S. The Balaban J connectivity index is 0.919. The lowest BCUT2D eigenvalue weighted by molar-refractivity contribution is 1.18. The standard InChI is InChI=1S/C66H46N4S/c1-6-20-49(21-7-1)67(50-22-8-2-9-23-50)54-30-18-31-55(44-54)68(51-24-10-3-11-25-51)56-32-19-33-57(45-56)69(52-26-12-4-13-27-52)58-38-41-66-62(46-58)61-42-47(37-40-65(61)71-66)48-36-39-60-59-34-16-17-35-63(59)70(64(60)43-48)53-28-14-5-15-29-53/h1-46H. The van der Waals surface area contributed by atoms with Crippen LogP contribution in [0.25, 0.3) is 58.8 Å². The third-order valence-corrected chi connectivity index (χ3v) is 14.6. The average Bonchev–Trinajstić information content (AvgIpc) is 3.98. The summed E-state index contributed by atoms with van der Waals surface area (Å²) in [5, 5.41) is 5.01. The van der Waals surface area contributed by atoms with Gasteiger partial charge in [0.15, 0.2) is 0 Å². The summed E-state index contributed by atoms with van der Waals surface area (Å²) < 4.78 is 4.93. The van der Waals surface area contributed by atoms with Crippen molar-refractivity contribution in [2.45, 2.75) is 0 Å². The molecule has 0 atom stereocenters. The van der Waals surface area contributed by atoms with Crippen LogP contribution in [0.1, 0.15) is 0 Å². The first-order chi connectivity index (χ1) is 35.2. The molecule has 336 valence electrons. The fraction of sp³-hybridized carbons (Fsp3) is 0. The molecule has 0 aliphatic rings. The molecule has 71 heavy (non-hydrogen) atoms. The SMILES string of the molecule is c1ccc(N(c2ccccc2)c2cccc(N(c3ccccc3)c3cccc(N(c4ccccc4)c4ccc5sc6ccc(-c7ccc8c9ccccc9n(-c9ccccc9)c8c7)cc6c5c4)c3)c2)cc1. The molecule has 0 radical (unpaired) electrons. The van der Waals surface area contributed by atoms with E-state index in [1.165, 1.54) is 53.1 Å². The highest BCUT2D eigenvalue weighted by atomic mass is 32.1. The fourth-order valence-corrected chi connectivity index (χ4v) is 11.3. The minimum Gasteiger partial charge on any atom is -0.310 e. The van der Waals surface area contributed by atoms with E-state index in [1.807, 2.05) is 11.3 Å². The Morgan fingerprint density at radius 1 is 0.239 bits per heavy atom. The number of benzene rings is 11. The van der Waals surface area contributed by atoms with Gasteiger partial charge in [-0.1, -0.05) is 140 Å². The molecule has 0 bridgehead atoms. The molecule has 0 aliphatic carbocycles. The van der Waals surface area contributed by atoms with E-state index in [2.05, 4.69) is 298 Å². The molecule has 13 aromatic rings. The number of para-hydroxylation sites is 6. The summed E-state index contributed by atoms with van der Waals surface area (Å²) >= 11 is 1.85. The summed E-state index contributed by atoms with van der Waals surface area (Å²) in [5.41, 5.74) is 15.6. The van der Waals surface area contributed by atoms with Crippen LogP contribution in [0, 0.1) is 0 Å². The van der Waals surface area contributed by atoms with Crippen LogP contribution in [0.3, 0.4) is 0 Å². The van der Waals surface area contributed by atoms with E-state index in [1.54, 1.807) is 0 Å². The van der Waals surface area contributed by atoms with Gasteiger partial charge in [-0.3, -0.25) is 0 Å². The maximum Gasteiger partial charge on any atom is 0.0547 e. The molecule has 0 amide bonds. The van der Waals surface area contributed by atoms with Gasteiger partial charge in [0, 0.05) is 87.8 Å². The quantitative estimate of drug-likeness (QED) is 0.128. The van der Waals surface area contributed by atoms with E-state index in [0.717, 1.165) is 56.9 Å². The minimum absolute atomic E-state index is 1.05. The summed E-state index contributed by atoms with van der Waals surface area (Å²) in [6, 6.07) is 101. The number of fused-ring (bicyclic) bond motifs is 6. The Morgan fingerprint density at radius 2 is 0.620 bits per heavy atom. The van der Waals surface area contributed by atoms with Gasteiger partial charge < -0.3 is 19.3 Å². The van der Waals surface area contributed by atoms with Gasteiger partial charge in [0.1, 0.15) is 0 Å². The molecule has 2 heterocycles. The van der Waals surface area contributed by atoms with Crippen LogP contribution in [-0.4, -0.2) is 4.57 Å². The Bertz CT molecular complexity index is 3960. The highest BCUT2D eigenvalue weighted by Crippen LogP contribution is 2.45. The van der Waals surface area contributed by atoms with E-state index in [4.69, 9.17) is 0 Å². The van der Waals surface area contributed by atoms with Gasteiger partial charge in [0.05, 0.1) is 11.0 Å². The molecule has 0 fully saturated rings. The molecule has 0 spiro atoms. The van der Waals surface area contributed by atoms with Gasteiger partial charge in [-0.2, -0.15) is 0 Å². The molecule has 0 aliphatic heterocycles. The van der Waals surface area contributed by atoms with Gasteiger partial charge >= 0.3 is 0 Å². The molecule has 0 saturated carbocycles. The molecule has 0 unspecified atom stereocenters. The van der Waals surface area contributed by atoms with Crippen molar-refractivity contribution >= 4 is 105 Å². The predicted molar refractivity (Wildman–Crippen MR) is 303 cm³/mol. The first-order valence-electron chi connectivity index (χ1n) is 24.1. The Labute approximate surface area is 417 Å². The number of anilines is 9. The van der Waals surface area contributed by atoms with Crippen molar-refractivity contribution in [3.05, 3.63) is 279 Å². The lowest BCUT2D eigenvalue weighted by Crippen LogP contribution is -2.14. The third kappa shape index (κ3) is 7.75. The number of hydrogen-bond acceptors (Lipinski definition) is 4. The van der Waals surface area contributed by atoms with Crippen molar-refractivity contribution < 1.29 is 0 Å². The zero-order chi connectivity index (χ0) is 47.1. The molecule has 5 heteroatoms. The van der Waals surface area contributed by atoms with Gasteiger partial charge in [-0.05, 0) is 151 Å². The van der Waals surface area contributed by atoms with Crippen LogP contribution >= 0.6 is 11.3 Å².